The molecule has 10 rings (SSSR count). The summed E-state index contributed by atoms with van der Waals surface area (Å²) < 4.78 is 66.9. The van der Waals surface area contributed by atoms with E-state index in [2.05, 4.69) is 0 Å². The second kappa shape index (κ2) is 11.4. The predicted molar refractivity (Wildman–Crippen MR) is 202 cm³/mol. The highest BCUT2D eigenvalue weighted by molar-refractivity contribution is 6.13. The van der Waals surface area contributed by atoms with Crippen LogP contribution in [0.1, 0.15) is 8.22 Å². The SMILES string of the molecule is [2H]c1c([2H])c(-c2ccccc2)c2c(oc3c([2H])c(-c4nc(-c5ccc(-c6ccccc6)cc5)nc(-c5cccc6oc7ccccc7c56)n4)c([2H])c([2H])c32)c1[2H]. The van der Waals surface area contributed by atoms with Gasteiger partial charge in [-0.05, 0) is 52.5 Å². The Kier molecular flexibility index (Phi) is 5.17. The molecule has 0 N–H and O–H groups in total. The van der Waals surface area contributed by atoms with Crippen LogP contribution in [0.5, 0.6) is 0 Å². The minimum atomic E-state index is -0.342. The smallest absolute Gasteiger partial charge is 0.164 e. The summed E-state index contributed by atoms with van der Waals surface area (Å²) in [6, 6.07) is 38.3. The van der Waals surface area contributed by atoms with Gasteiger partial charge in [0.1, 0.15) is 22.3 Å². The molecule has 7 aromatic carbocycles. The molecule has 0 saturated carbocycles. The van der Waals surface area contributed by atoms with Crippen LogP contribution in [0.4, 0.5) is 0 Å². The van der Waals surface area contributed by atoms with E-state index in [1.165, 1.54) is 0 Å². The molecule has 5 heteroatoms. The lowest BCUT2D eigenvalue weighted by Gasteiger charge is -2.10. The maximum Gasteiger partial charge on any atom is 0.164 e. The van der Waals surface area contributed by atoms with Crippen molar-refractivity contribution in [1.82, 2.24) is 15.0 Å². The molecule has 0 aliphatic carbocycles. The molecule has 0 bridgehead atoms. The summed E-state index contributed by atoms with van der Waals surface area (Å²) in [4.78, 5) is 14.7. The number of nitrogens with zero attached hydrogens (tertiary/aromatic N) is 3. The van der Waals surface area contributed by atoms with Crippen LogP contribution in [-0.4, -0.2) is 15.0 Å². The average Bonchev–Trinajstić information content (AvgIpc) is 3.83. The summed E-state index contributed by atoms with van der Waals surface area (Å²) in [5.74, 6) is 0.563. The van der Waals surface area contributed by atoms with Crippen LogP contribution < -0.4 is 0 Å². The molecule has 0 aliphatic heterocycles. The van der Waals surface area contributed by atoms with Crippen LogP contribution in [0.15, 0.2) is 172 Å². The predicted octanol–water partition coefficient (Wildman–Crippen LogP) is 12.0. The van der Waals surface area contributed by atoms with E-state index in [9.17, 15) is 4.11 Å². The van der Waals surface area contributed by atoms with Gasteiger partial charge >= 0.3 is 0 Å². The lowest BCUT2D eigenvalue weighted by molar-refractivity contribution is 0.668. The molecule has 0 amide bonds. The van der Waals surface area contributed by atoms with Crippen molar-refractivity contribution in [2.45, 2.75) is 0 Å². The van der Waals surface area contributed by atoms with Gasteiger partial charge in [-0.3, -0.25) is 0 Å². The van der Waals surface area contributed by atoms with E-state index in [4.69, 9.17) is 27.9 Å². The Hall–Kier alpha value is -6.85. The third-order valence-electron chi connectivity index (χ3n) is 8.89. The van der Waals surface area contributed by atoms with Crippen molar-refractivity contribution in [2.24, 2.45) is 0 Å². The molecular weight excluding hydrogens is 615 g/mol. The number of hydrogen-bond donors (Lipinski definition) is 0. The van der Waals surface area contributed by atoms with Crippen LogP contribution >= 0.6 is 0 Å². The number of benzene rings is 7. The van der Waals surface area contributed by atoms with Gasteiger partial charge in [-0.15, -0.1) is 0 Å². The van der Waals surface area contributed by atoms with Gasteiger partial charge in [0.2, 0.25) is 0 Å². The quantitative estimate of drug-likeness (QED) is 0.186. The Morgan fingerprint density at radius 1 is 0.380 bits per heavy atom. The Morgan fingerprint density at radius 2 is 1.00 bits per heavy atom. The van der Waals surface area contributed by atoms with Crippen molar-refractivity contribution in [1.29, 1.82) is 0 Å². The zero-order chi connectivity index (χ0) is 38.2. The van der Waals surface area contributed by atoms with E-state index in [0.717, 1.165) is 21.9 Å². The summed E-state index contributed by atoms with van der Waals surface area (Å²) in [5.41, 5.74) is 5.46. The zero-order valence-electron chi connectivity index (χ0n) is 32.3. The molecule has 0 aliphatic rings. The lowest BCUT2D eigenvalue weighted by atomic mass is 9.99. The molecule has 50 heavy (non-hydrogen) atoms. The Morgan fingerprint density at radius 3 is 1.82 bits per heavy atom. The van der Waals surface area contributed by atoms with Crippen molar-refractivity contribution in [3.8, 4) is 56.4 Å². The van der Waals surface area contributed by atoms with E-state index >= 15 is 0 Å². The molecule has 0 unspecified atom stereocenters. The second-order valence-electron chi connectivity index (χ2n) is 11.9. The van der Waals surface area contributed by atoms with Crippen LogP contribution in [-0.2, 0) is 0 Å². The Bertz CT molecular complexity index is 3200. The van der Waals surface area contributed by atoms with E-state index in [1.807, 2.05) is 103 Å². The number of para-hydroxylation sites is 1. The van der Waals surface area contributed by atoms with Crippen molar-refractivity contribution in [3.05, 3.63) is 164 Å². The third-order valence-corrected chi connectivity index (χ3v) is 8.89. The standard InChI is InChI=1S/C45H27N3O2/c1-3-11-28(12-4-1)29-21-23-31(24-22-29)43-46-44(48-45(47-43)36-17-10-20-39-42(36)34-15-7-8-18-37(34)49-39)32-25-26-35-40(27-32)50-38-19-9-16-33(41(35)38)30-13-5-2-6-14-30/h1-27H/i9D,16D,19D,25D,26D,27D. The van der Waals surface area contributed by atoms with Gasteiger partial charge in [-0.2, -0.15) is 0 Å². The third kappa shape index (κ3) is 4.67. The zero-order valence-corrected chi connectivity index (χ0v) is 26.3. The van der Waals surface area contributed by atoms with Crippen molar-refractivity contribution < 1.29 is 17.1 Å². The second-order valence-corrected chi connectivity index (χ2v) is 11.9. The topological polar surface area (TPSA) is 65.0 Å². The first kappa shape index (κ1) is 22.7. The fraction of sp³-hybridized carbons (Fsp3) is 0. The van der Waals surface area contributed by atoms with E-state index in [-0.39, 0.29) is 75.4 Å². The van der Waals surface area contributed by atoms with Crippen LogP contribution in [0.3, 0.4) is 0 Å². The largest absolute Gasteiger partial charge is 0.456 e. The first-order chi connectivity index (χ1) is 27.3. The normalized spacial score (nSPS) is 13.3. The van der Waals surface area contributed by atoms with Gasteiger partial charge in [-0.1, -0.05) is 133 Å². The average molecular weight is 648 g/mol. The molecule has 0 saturated heterocycles. The molecule has 0 fully saturated rings. The van der Waals surface area contributed by atoms with Crippen molar-refractivity contribution in [3.63, 3.8) is 0 Å². The first-order valence-corrected chi connectivity index (χ1v) is 16.1. The molecule has 3 aromatic heterocycles. The van der Waals surface area contributed by atoms with Gasteiger partial charge in [-0.25, -0.2) is 15.0 Å². The van der Waals surface area contributed by atoms with Crippen LogP contribution in [0, 0.1) is 0 Å². The fourth-order valence-electron chi connectivity index (χ4n) is 6.52. The number of fused-ring (bicyclic) bond motifs is 6. The number of aromatic nitrogens is 3. The molecular formula is C45H27N3O2. The molecule has 0 atom stereocenters. The number of hydrogen-bond acceptors (Lipinski definition) is 5. The summed E-state index contributed by atoms with van der Waals surface area (Å²) in [5, 5.41) is 2.02. The molecule has 0 spiro atoms. The van der Waals surface area contributed by atoms with E-state index in [0.29, 0.717) is 39.2 Å². The molecule has 5 nitrogen and oxygen atoms in total. The van der Waals surface area contributed by atoms with Gasteiger partial charge in [0, 0.05) is 38.2 Å². The number of furan rings is 2. The number of rotatable bonds is 5. The fourth-order valence-corrected chi connectivity index (χ4v) is 6.52. The Labute approximate surface area is 295 Å². The minimum absolute atomic E-state index is 0.00969. The molecule has 3 heterocycles. The first-order valence-electron chi connectivity index (χ1n) is 19.1. The summed E-state index contributed by atoms with van der Waals surface area (Å²) in [7, 11) is 0. The molecule has 234 valence electrons. The molecule has 0 radical (unpaired) electrons. The summed E-state index contributed by atoms with van der Waals surface area (Å²) in [6.45, 7) is 0. The van der Waals surface area contributed by atoms with Crippen LogP contribution in [0.2, 0.25) is 0 Å². The highest BCUT2D eigenvalue weighted by Gasteiger charge is 2.19. The lowest BCUT2D eigenvalue weighted by Crippen LogP contribution is -2.00. The van der Waals surface area contributed by atoms with Gasteiger partial charge in [0.05, 0.1) is 8.22 Å². The van der Waals surface area contributed by atoms with Gasteiger partial charge in [0.25, 0.3) is 0 Å². The Balaban J connectivity index is 1.25. The minimum Gasteiger partial charge on any atom is -0.456 e. The monoisotopic (exact) mass is 647 g/mol. The van der Waals surface area contributed by atoms with Crippen LogP contribution in [0.25, 0.3) is 100 Å². The van der Waals surface area contributed by atoms with Crippen molar-refractivity contribution in [2.75, 3.05) is 0 Å². The summed E-state index contributed by atoms with van der Waals surface area (Å²) >= 11 is 0. The van der Waals surface area contributed by atoms with E-state index in [1.54, 1.807) is 24.3 Å². The highest BCUT2D eigenvalue weighted by Crippen LogP contribution is 2.39. The highest BCUT2D eigenvalue weighted by atomic mass is 16.3. The van der Waals surface area contributed by atoms with Crippen molar-refractivity contribution >= 4 is 43.9 Å². The van der Waals surface area contributed by atoms with Gasteiger partial charge in [0.15, 0.2) is 17.5 Å². The molecule has 10 aromatic rings. The van der Waals surface area contributed by atoms with E-state index < -0.39 is 0 Å². The van der Waals surface area contributed by atoms with Gasteiger partial charge < -0.3 is 8.83 Å². The summed E-state index contributed by atoms with van der Waals surface area (Å²) in [6.07, 6.45) is 0. The maximum absolute atomic E-state index is 9.52. The maximum atomic E-state index is 9.52.